The molecule has 3 heteroatoms. The lowest BCUT2D eigenvalue weighted by molar-refractivity contribution is 0.326. The Hall–Kier alpha value is -1.79. The number of aromatic nitrogens is 1. The van der Waals surface area contributed by atoms with Crippen LogP contribution in [0, 0.1) is 17.2 Å². The van der Waals surface area contributed by atoms with Crippen molar-refractivity contribution in [2.24, 2.45) is 5.92 Å². The van der Waals surface area contributed by atoms with Crippen molar-refractivity contribution in [3.05, 3.63) is 35.5 Å². The molecular weight excluding hydrogens is 270 g/mol. The first kappa shape index (κ1) is 13.8. The number of rotatable bonds is 5. The molecule has 2 atom stereocenters. The molecule has 0 bridgehead atoms. The van der Waals surface area contributed by atoms with E-state index in [1.165, 1.54) is 62.7 Å². The van der Waals surface area contributed by atoms with Gasteiger partial charge in [0, 0.05) is 17.1 Å². The summed E-state index contributed by atoms with van der Waals surface area (Å²) in [5.74, 6) is 1.56. The summed E-state index contributed by atoms with van der Waals surface area (Å²) in [6.45, 7) is 3.91. The molecule has 0 radical (unpaired) electrons. The molecule has 1 N–H and O–H groups in total. The molecule has 4 rings (SSSR count). The van der Waals surface area contributed by atoms with E-state index in [0.717, 1.165) is 17.0 Å². The summed E-state index contributed by atoms with van der Waals surface area (Å²) in [4.78, 5) is 5.98. The number of hydrogen-bond acceptors (Lipinski definition) is 2. The second kappa shape index (κ2) is 5.78. The van der Waals surface area contributed by atoms with E-state index >= 15 is 0 Å². The van der Waals surface area contributed by atoms with Gasteiger partial charge in [-0.3, -0.25) is 0 Å². The molecule has 2 heterocycles. The highest BCUT2D eigenvalue weighted by molar-refractivity contribution is 5.85. The Labute approximate surface area is 131 Å². The van der Waals surface area contributed by atoms with Crippen molar-refractivity contribution in [3.8, 4) is 6.07 Å². The molecule has 1 aliphatic heterocycles. The van der Waals surface area contributed by atoms with E-state index in [2.05, 4.69) is 22.1 Å². The molecule has 22 heavy (non-hydrogen) atoms. The number of nitrogens with one attached hydrogen (secondary N) is 1. The van der Waals surface area contributed by atoms with Crippen molar-refractivity contribution >= 4 is 10.9 Å². The van der Waals surface area contributed by atoms with Crippen molar-refractivity contribution in [2.45, 2.75) is 38.0 Å². The Morgan fingerprint density at radius 1 is 1.27 bits per heavy atom. The lowest BCUT2D eigenvalue weighted by atomic mass is 10.0. The van der Waals surface area contributed by atoms with Gasteiger partial charge in [-0.1, -0.05) is 0 Å². The zero-order valence-corrected chi connectivity index (χ0v) is 13.0. The fourth-order valence-electron chi connectivity index (χ4n) is 4.05. The van der Waals surface area contributed by atoms with Crippen molar-refractivity contribution < 1.29 is 0 Å². The van der Waals surface area contributed by atoms with Gasteiger partial charge in [0.25, 0.3) is 0 Å². The van der Waals surface area contributed by atoms with Gasteiger partial charge in [0.2, 0.25) is 0 Å². The van der Waals surface area contributed by atoms with E-state index < -0.39 is 0 Å². The van der Waals surface area contributed by atoms with E-state index in [4.69, 9.17) is 5.26 Å². The summed E-state index contributed by atoms with van der Waals surface area (Å²) in [5.41, 5.74) is 3.36. The molecule has 0 amide bonds. The van der Waals surface area contributed by atoms with E-state index in [-0.39, 0.29) is 0 Å². The summed E-state index contributed by atoms with van der Waals surface area (Å²) in [5, 5.41) is 10.3. The predicted molar refractivity (Wildman–Crippen MR) is 88.8 cm³/mol. The summed E-state index contributed by atoms with van der Waals surface area (Å²) in [6, 6.07) is 8.22. The third kappa shape index (κ3) is 2.64. The number of nitrogens with zero attached hydrogens (tertiary/aromatic N) is 2. The van der Waals surface area contributed by atoms with E-state index in [1.54, 1.807) is 0 Å². The smallest absolute Gasteiger partial charge is 0.0991 e. The molecular formula is C19H23N3. The number of benzene rings is 1. The monoisotopic (exact) mass is 293 g/mol. The second-order valence-electron chi connectivity index (χ2n) is 6.91. The molecule has 2 aromatic rings. The van der Waals surface area contributed by atoms with Crippen LogP contribution in [0.5, 0.6) is 0 Å². The minimum absolute atomic E-state index is 0.710. The van der Waals surface area contributed by atoms with Crippen LogP contribution in [0.1, 0.15) is 49.1 Å². The third-order valence-corrected chi connectivity index (χ3v) is 5.41. The Morgan fingerprint density at radius 3 is 2.95 bits per heavy atom. The van der Waals surface area contributed by atoms with Crippen LogP contribution in [0.25, 0.3) is 10.9 Å². The van der Waals surface area contributed by atoms with Gasteiger partial charge in [-0.15, -0.1) is 0 Å². The Morgan fingerprint density at radius 2 is 2.14 bits per heavy atom. The minimum atomic E-state index is 0.710. The molecule has 3 nitrogen and oxygen atoms in total. The maximum absolute atomic E-state index is 9.09. The quantitative estimate of drug-likeness (QED) is 0.904. The average Bonchev–Trinajstić information content (AvgIpc) is 2.97. The van der Waals surface area contributed by atoms with Crippen LogP contribution in [-0.4, -0.2) is 29.5 Å². The topological polar surface area (TPSA) is 42.8 Å². The molecule has 114 valence electrons. The highest BCUT2D eigenvalue weighted by Gasteiger charge is 2.39. The number of likely N-dealkylation sites (tertiary alicyclic amines) is 1. The molecule has 1 saturated heterocycles. The third-order valence-electron chi connectivity index (χ3n) is 5.41. The van der Waals surface area contributed by atoms with Crippen LogP contribution in [0.3, 0.4) is 0 Å². The predicted octanol–water partition coefficient (Wildman–Crippen LogP) is 4.02. The molecule has 2 aliphatic rings. The lowest BCUT2D eigenvalue weighted by Crippen LogP contribution is -2.20. The van der Waals surface area contributed by atoms with Gasteiger partial charge >= 0.3 is 0 Å². The summed E-state index contributed by atoms with van der Waals surface area (Å²) in [6.07, 6.45) is 8.96. The van der Waals surface area contributed by atoms with Crippen LogP contribution in [0.2, 0.25) is 0 Å². The fraction of sp³-hybridized carbons (Fsp3) is 0.526. The standard InChI is InChI=1S/C19H23N3/c20-12-14-5-6-19-17(10-14)18(13-21-19)16-11-15(16)4-3-9-22-7-1-2-8-22/h5-6,10,13,15-16,21H,1-4,7-9,11H2/t15-,16-/m1/s1. The maximum Gasteiger partial charge on any atom is 0.0991 e. The summed E-state index contributed by atoms with van der Waals surface area (Å²) in [7, 11) is 0. The number of aromatic amines is 1. The summed E-state index contributed by atoms with van der Waals surface area (Å²) >= 11 is 0. The van der Waals surface area contributed by atoms with Gasteiger partial charge in [-0.25, -0.2) is 0 Å². The highest BCUT2D eigenvalue weighted by atomic mass is 15.1. The highest BCUT2D eigenvalue weighted by Crippen LogP contribution is 2.52. The van der Waals surface area contributed by atoms with Crippen LogP contribution >= 0.6 is 0 Å². The molecule has 1 aromatic heterocycles. The van der Waals surface area contributed by atoms with Crippen LogP contribution in [0.15, 0.2) is 24.4 Å². The molecule has 0 unspecified atom stereocenters. The minimum Gasteiger partial charge on any atom is -0.361 e. The van der Waals surface area contributed by atoms with Gasteiger partial charge < -0.3 is 9.88 Å². The van der Waals surface area contributed by atoms with Crippen molar-refractivity contribution in [2.75, 3.05) is 19.6 Å². The SMILES string of the molecule is N#Cc1ccc2[nH]cc([C@@H]3C[C@H]3CCCN3CCCC3)c2c1. The maximum atomic E-state index is 9.09. The Balaban J connectivity index is 1.38. The Kier molecular flexibility index (Phi) is 3.63. The average molecular weight is 293 g/mol. The van der Waals surface area contributed by atoms with Crippen molar-refractivity contribution in [1.29, 1.82) is 5.26 Å². The largest absolute Gasteiger partial charge is 0.361 e. The van der Waals surface area contributed by atoms with Gasteiger partial charge in [0.1, 0.15) is 0 Å². The first-order valence-corrected chi connectivity index (χ1v) is 8.58. The first-order valence-electron chi connectivity index (χ1n) is 8.58. The van der Waals surface area contributed by atoms with Crippen LogP contribution in [-0.2, 0) is 0 Å². The van der Waals surface area contributed by atoms with Crippen LogP contribution < -0.4 is 0 Å². The number of hydrogen-bond donors (Lipinski definition) is 1. The van der Waals surface area contributed by atoms with Crippen molar-refractivity contribution in [1.82, 2.24) is 9.88 Å². The van der Waals surface area contributed by atoms with Gasteiger partial charge in [-0.2, -0.15) is 5.26 Å². The lowest BCUT2D eigenvalue weighted by Gasteiger charge is -2.13. The van der Waals surface area contributed by atoms with Gasteiger partial charge in [0.15, 0.2) is 0 Å². The molecule has 1 aliphatic carbocycles. The van der Waals surface area contributed by atoms with E-state index in [1.807, 2.05) is 18.2 Å². The zero-order valence-electron chi connectivity index (χ0n) is 13.0. The normalized spacial score (nSPS) is 24.7. The number of H-pyrrole nitrogens is 1. The molecule has 1 aromatic carbocycles. The van der Waals surface area contributed by atoms with E-state index in [0.29, 0.717) is 5.92 Å². The van der Waals surface area contributed by atoms with Gasteiger partial charge in [0.05, 0.1) is 11.6 Å². The van der Waals surface area contributed by atoms with Gasteiger partial charge in [-0.05, 0) is 87.3 Å². The first-order chi connectivity index (χ1) is 10.8. The molecule has 0 spiro atoms. The second-order valence-corrected chi connectivity index (χ2v) is 6.91. The fourth-order valence-corrected chi connectivity index (χ4v) is 4.05. The number of fused-ring (bicyclic) bond motifs is 1. The molecule has 1 saturated carbocycles. The van der Waals surface area contributed by atoms with Crippen LogP contribution in [0.4, 0.5) is 0 Å². The Bertz CT molecular complexity index is 703. The summed E-state index contributed by atoms with van der Waals surface area (Å²) < 4.78 is 0. The number of nitriles is 1. The van der Waals surface area contributed by atoms with Crippen molar-refractivity contribution in [3.63, 3.8) is 0 Å². The van der Waals surface area contributed by atoms with E-state index in [9.17, 15) is 0 Å². The zero-order chi connectivity index (χ0) is 14.9. The molecule has 2 fully saturated rings.